The smallest absolute Gasteiger partial charge is 0.382 e. The van der Waals surface area contributed by atoms with Gasteiger partial charge in [-0.25, -0.2) is 4.79 Å². The van der Waals surface area contributed by atoms with Crippen LogP contribution in [0.4, 0.5) is 0 Å². The van der Waals surface area contributed by atoms with Crippen LogP contribution in [0.15, 0.2) is 0 Å². The van der Waals surface area contributed by atoms with Crippen LogP contribution in [0, 0.1) is 0 Å². The first-order chi connectivity index (χ1) is 6.11. The summed E-state index contributed by atoms with van der Waals surface area (Å²) in [5.41, 5.74) is 0. The summed E-state index contributed by atoms with van der Waals surface area (Å²) in [4.78, 5) is 41.8. The predicted molar refractivity (Wildman–Crippen MR) is 41.7 cm³/mol. The van der Waals surface area contributed by atoms with E-state index in [-0.39, 0.29) is 19.3 Å². The van der Waals surface area contributed by atoms with E-state index in [0.717, 1.165) is 0 Å². The number of carbonyl (C=O) groups is 4. The zero-order chi connectivity index (χ0) is 10.3. The van der Waals surface area contributed by atoms with Crippen LogP contribution in [-0.2, 0) is 23.9 Å². The maximum atomic E-state index is 10.7. The number of aldehydes is 1. The highest BCUT2D eigenvalue weighted by Crippen LogP contribution is 1.93. The normalized spacial score (nSPS) is 9.00. The second-order valence-electron chi connectivity index (χ2n) is 2.24. The van der Waals surface area contributed by atoms with Gasteiger partial charge < -0.3 is 9.53 Å². The fourth-order valence-electron chi connectivity index (χ4n) is 0.532. The molecule has 0 fully saturated rings. The lowest BCUT2D eigenvalue weighted by atomic mass is 10.3. The van der Waals surface area contributed by atoms with Crippen molar-refractivity contribution < 1.29 is 23.9 Å². The van der Waals surface area contributed by atoms with Crippen molar-refractivity contribution in [2.45, 2.75) is 26.2 Å². The van der Waals surface area contributed by atoms with Crippen molar-refractivity contribution in [2.24, 2.45) is 0 Å². The number of hydrogen-bond acceptors (Lipinski definition) is 5. The topological polar surface area (TPSA) is 77.5 Å². The molecule has 0 radical (unpaired) electrons. The average Bonchev–Trinajstić information content (AvgIpc) is 2.13. The molecule has 72 valence electrons. The first-order valence-corrected chi connectivity index (χ1v) is 3.83. The Hall–Kier alpha value is -1.52. The lowest BCUT2D eigenvalue weighted by Crippen LogP contribution is -2.20. The Morgan fingerprint density at radius 3 is 2.38 bits per heavy atom. The van der Waals surface area contributed by atoms with Crippen LogP contribution < -0.4 is 0 Å². The van der Waals surface area contributed by atoms with E-state index in [1.165, 1.54) is 6.92 Å². The number of Topliss-reactive ketones (excluding diaryl/α,β-unsaturated/α-hetero) is 1. The third kappa shape index (κ3) is 4.84. The largest absolute Gasteiger partial charge is 0.387 e. The fraction of sp³-hybridized carbons (Fsp3) is 0.500. The Morgan fingerprint density at radius 2 is 1.92 bits per heavy atom. The van der Waals surface area contributed by atoms with Gasteiger partial charge >= 0.3 is 11.9 Å². The standard InChI is InChI=1S/C8H10O5/c1-2-6(10)8(12)13-7(11)4-3-5-9/h5H,2-4H2,1H3. The van der Waals surface area contributed by atoms with E-state index in [0.29, 0.717) is 6.29 Å². The number of carbonyl (C=O) groups excluding carboxylic acids is 4. The summed E-state index contributed by atoms with van der Waals surface area (Å²) in [6.07, 6.45) is 0.353. The van der Waals surface area contributed by atoms with Crippen molar-refractivity contribution in [1.82, 2.24) is 0 Å². The van der Waals surface area contributed by atoms with Gasteiger partial charge in [0.1, 0.15) is 6.29 Å². The number of rotatable bonds is 5. The molecular formula is C8H10O5. The molecule has 0 heterocycles. The SMILES string of the molecule is CCC(=O)C(=O)OC(=O)CCC=O. The van der Waals surface area contributed by atoms with Crippen molar-refractivity contribution in [3.05, 3.63) is 0 Å². The predicted octanol–water partition coefficient (Wildman–Crippen LogP) is 0.0144. The molecular weight excluding hydrogens is 176 g/mol. The summed E-state index contributed by atoms with van der Waals surface area (Å²) in [6, 6.07) is 0. The highest BCUT2D eigenvalue weighted by atomic mass is 16.6. The second-order valence-corrected chi connectivity index (χ2v) is 2.24. The zero-order valence-electron chi connectivity index (χ0n) is 7.24. The van der Waals surface area contributed by atoms with E-state index in [9.17, 15) is 19.2 Å². The summed E-state index contributed by atoms with van der Waals surface area (Å²) >= 11 is 0. The molecule has 0 aromatic rings. The van der Waals surface area contributed by atoms with Crippen molar-refractivity contribution in [2.75, 3.05) is 0 Å². The number of hydrogen-bond donors (Lipinski definition) is 0. The lowest BCUT2D eigenvalue weighted by molar-refractivity contribution is -0.164. The molecule has 0 aliphatic carbocycles. The molecule has 0 amide bonds. The van der Waals surface area contributed by atoms with Crippen molar-refractivity contribution >= 4 is 24.0 Å². The molecule has 0 spiro atoms. The average molecular weight is 186 g/mol. The highest BCUT2D eigenvalue weighted by Gasteiger charge is 2.16. The molecule has 0 aromatic heterocycles. The summed E-state index contributed by atoms with van der Waals surface area (Å²) in [5, 5.41) is 0. The molecule has 0 atom stereocenters. The molecule has 0 unspecified atom stereocenters. The van der Waals surface area contributed by atoms with Crippen molar-refractivity contribution in [1.29, 1.82) is 0 Å². The van der Waals surface area contributed by atoms with E-state index in [4.69, 9.17) is 0 Å². The molecule has 5 heteroatoms. The van der Waals surface area contributed by atoms with Crippen LogP contribution in [0.3, 0.4) is 0 Å². The Balaban J connectivity index is 3.84. The van der Waals surface area contributed by atoms with Crippen LogP contribution in [0.5, 0.6) is 0 Å². The number of ketones is 1. The Morgan fingerprint density at radius 1 is 1.31 bits per heavy atom. The van der Waals surface area contributed by atoms with Gasteiger partial charge in [-0.1, -0.05) is 6.92 Å². The number of ether oxygens (including phenoxy) is 1. The quantitative estimate of drug-likeness (QED) is 0.261. The molecule has 0 bridgehead atoms. The van der Waals surface area contributed by atoms with E-state index < -0.39 is 17.7 Å². The van der Waals surface area contributed by atoms with Gasteiger partial charge in [0.2, 0.25) is 5.78 Å². The minimum Gasteiger partial charge on any atom is -0.387 e. The van der Waals surface area contributed by atoms with Crippen LogP contribution in [0.1, 0.15) is 26.2 Å². The van der Waals surface area contributed by atoms with Gasteiger partial charge in [-0.05, 0) is 0 Å². The Labute approximate surface area is 75.1 Å². The Bertz CT molecular complexity index is 231. The molecule has 0 N–H and O–H groups in total. The maximum Gasteiger partial charge on any atom is 0.382 e. The van der Waals surface area contributed by atoms with Gasteiger partial charge in [0.05, 0.1) is 6.42 Å². The van der Waals surface area contributed by atoms with Gasteiger partial charge in [-0.3, -0.25) is 9.59 Å². The zero-order valence-corrected chi connectivity index (χ0v) is 7.24. The van der Waals surface area contributed by atoms with Crippen molar-refractivity contribution in [3.8, 4) is 0 Å². The van der Waals surface area contributed by atoms with E-state index in [2.05, 4.69) is 4.74 Å². The lowest BCUT2D eigenvalue weighted by Gasteiger charge is -1.98. The summed E-state index contributed by atoms with van der Waals surface area (Å²) in [6.45, 7) is 1.49. The molecule has 0 rings (SSSR count). The monoisotopic (exact) mass is 186 g/mol. The molecule has 0 aromatic carbocycles. The molecule has 0 aliphatic heterocycles. The highest BCUT2D eigenvalue weighted by molar-refractivity contribution is 6.35. The van der Waals surface area contributed by atoms with Gasteiger partial charge in [-0.2, -0.15) is 0 Å². The minimum atomic E-state index is -1.15. The minimum absolute atomic E-state index is 0.000204. The molecule has 5 nitrogen and oxygen atoms in total. The molecule has 0 saturated carbocycles. The summed E-state index contributed by atoms with van der Waals surface area (Å²) in [7, 11) is 0. The Kier molecular flexibility index (Phi) is 5.34. The maximum absolute atomic E-state index is 10.7. The van der Waals surface area contributed by atoms with Crippen LogP contribution in [0.25, 0.3) is 0 Å². The third-order valence-corrected chi connectivity index (χ3v) is 1.22. The van der Waals surface area contributed by atoms with Crippen LogP contribution in [-0.4, -0.2) is 24.0 Å². The van der Waals surface area contributed by atoms with Crippen LogP contribution >= 0.6 is 0 Å². The summed E-state index contributed by atoms with van der Waals surface area (Å²) < 4.78 is 4.12. The van der Waals surface area contributed by atoms with Gasteiger partial charge in [0, 0.05) is 12.8 Å². The second kappa shape index (κ2) is 6.05. The summed E-state index contributed by atoms with van der Waals surface area (Å²) in [5.74, 6) is -2.75. The molecule has 0 aliphatic rings. The fourth-order valence-corrected chi connectivity index (χ4v) is 0.532. The van der Waals surface area contributed by atoms with Gasteiger partial charge in [-0.15, -0.1) is 0 Å². The van der Waals surface area contributed by atoms with E-state index in [1.54, 1.807) is 0 Å². The molecule has 13 heavy (non-hydrogen) atoms. The van der Waals surface area contributed by atoms with Gasteiger partial charge in [0.25, 0.3) is 0 Å². The first-order valence-electron chi connectivity index (χ1n) is 3.83. The molecule has 0 saturated heterocycles. The van der Waals surface area contributed by atoms with Gasteiger partial charge in [0.15, 0.2) is 0 Å². The first kappa shape index (κ1) is 11.5. The van der Waals surface area contributed by atoms with E-state index in [1.807, 2.05) is 0 Å². The third-order valence-electron chi connectivity index (χ3n) is 1.22. The number of esters is 2. The van der Waals surface area contributed by atoms with Crippen LogP contribution in [0.2, 0.25) is 0 Å². The van der Waals surface area contributed by atoms with Crippen molar-refractivity contribution in [3.63, 3.8) is 0 Å². The van der Waals surface area contributed by atoms with E-state index >= 15 is 0 Å².